The van der Waals surface area contributed by atoms with E-state index >= 15 is 0 Å². The van der Waals surface area contributed by atoms with Gasteiger partial charge in [-0.1, -0.05) is 25.0 Å². The van der Waals surface area contributed by atoms with Crippen molar-refractivity contribution in [1.29, 1.82) is 0 Å². The van der Waals surface area contributed by atoms with E-state index in [4.69, 9.17) is 10.5 Å². The molecule has 1 fully saturated rings. The minimum Gasteiger partial charge on any atom is -0.491 e. The predicted octanol–water partition coefficient (Wildman–Crippen LogP) is 4.01. The zero-order chi connectivity index (χ0) is 13.8. The normalized spacial score (nSPS) is 17.9. The van der Waals surface area contributed by atoms with E-state index in [1.165, 1.54) is 36.8 Å². The summed E-state index contributed by atoms with van der Waals surface area (Å²) in [5.41, 5.74) is 8.64. The summed E-state index contributed by atoms with van der Waals surface area (Å²) in [5, 5.41) is 0. The van der Waals surface area contributed by atoms with Gasteiger partial charge in [0.15, 0.2) is 0 Å². The topological polar surface area (TPSA) is 35.2 Å². The number of hydrogen-bond donors (Lipinski definition) is 1. The lowest BCUT2D eigenvalue weighted by molar-refractivity contribution is 0.240. The molecular weight excluding hydrogens is 234 g/mol. The quantitative estimate of drug-likeness (QED) is 0.869. The van der Waals surface area contributed by atoms with Crippen LogP contribution in [0, 0.1) is 12.8 Å². The molecule has 1 saturated carbocycles. The summed E-state index contributed by atoms with van der Waals surface area (Å²) in [6, 6.07) is 6.59. The van der Waals surface area contributed by atoms with Crippen molar-refractivity contribution in [2.75, 3.05) is 6.54 Å². The second kappa shape index (κ2) is 6.42. The SMILES string of the molecule is Cc1cc(C(CN)C2CCCC2)ccc1OC(C)C. The lowest BCUT2D eigenvalue weighted by Crippen LogP contribution is -2.20. The van der Waals surface area contributed by atoms with Crippen LogP contribution < -0.4 is 10.5 Å². The summed E-state index contributed by atoms with van der Waals surface area (Å²) in [4.78, 5) is 0. The summed E-state index contributed by atoms with van der Waals surface area (Å²) >= 11 is 0. The monoisotopic (exact) mass is 261 g/mol. The summed E-state index contributed by atoms with van der Waals surface area (Å²) in [6.45, 7) is 7.01. The predicted molar refractivity (Wildman–Crippen MR) is 80.7 cm³/mol. The second-order valence-corrected chi connectivity index (χ2v) is 6.08. The minimum atomic E-state index is 0.227. The molecule has 0 saturated heterocycles. The molecule has 2 N–H and O–H groups in total. The highest BCUT2D eigenvalue weighted by Crippen LogP contribution is 2.37. The molecule has 0 aliphatic heterocycles. The molecule has 0 aromatic heterocycles. The van der Waals surface area contributed by atoms with E-state index in [-0.39, 0.29) is 6.10 Å². The number of hydrogen-bond acceptors (Lipinski definition) is 2. The van der Waals surface area contributed by atoms with Crippen molar-refractivity contribution in [1.82, 2.24) is 0 Å². The average Bonchev–Trinajstić information content (AvgIpc) is 2.87. The van der Waals surface area contributed by atoms with E-state index in [0.29, 0.717) is 5.92 Å². The van der Waals surface area contributed by atoms with Crippen LogP contribution in [0.2, 0.25) is 0 Å². The van der Waals surface area contributed by atoms with E-state index in [0.717, 1.165) is 18.2 Å². The molecule has 1 aromatic carbocycles. The summed E-state index contributed by atoms with van der Waals surface area (Å²) in [5.74, 6) is 2.30. The fourth-order valence-corrected chi connectivity index (χ4v) is 3.25. The molecule has 1 aliphatic carbocycles. The van der Waals surface area contributed by atoms with Crippen molar-refractivity contribution in [2.45, 2.75) is 58.5 Å². The molecule has 1 aliphatic rings. The van der Waals surface area contributed by atoms with Crippen LogP contribution >= 0.6 is 0 Å². The molecule has 0 bridgehead atoms. The molecule has 2 heteroatoms. The van der Waals surface area contributed by atoms with Gasteiger partial charge in [0.25, 0.3) is 0 Å². The number of ether oxygens (including phenoxy) is 1. The Morgan fingerprint density at radius 1 is 1.26 bits per heavy atom. The van der Waals surface area contributed by atoms with Gasteiger partial charge < -0.3 is 10.5 Å². The Balaban J connectivity index is 2.17. The minimum absolute atomic E-state index is 0.227. The Hall–Kier alpha value is -1.02. The van der Waals surface area contributed by atoms with E-state index in [2.05, 4.69) is 39.0 Å². The molecule has 0 amide bonds. The van der Waals surface area contributed by atoms with E-state index in [9.17, 15) is 0 Å². The Morgan fingerprint density at radius 2 is 1.95 bits per heavy atom. The molecule has 1 aromatic rings. The van der Waals surface area contributed by atoms with Gasteiger partial charge in [-0.25, -0.2) is 0 Å². The van der Waals surface area contributed by atoms with Gasteiger partial charge in [0.05, 0.1) is 6.10 Å². The molecule has 0 spiro atoms. The number of benzene rings is 1. The van der Waals surface area contributed by atoms with Gasteiger partial charge in [-0.05, 0) is 69.2 Å². The van der Waals surface area contributed by atoms with Gasteiger partial charge in [-0.3, -0.25) is 0 Å². The lowest BCUT2D eigenvalue weighted by Gasteiger charge is -2.23. The van der Waals surface area contributed by atoms with Crippen LogP contribution in [0.1, 0.15) is 56.6 Å². The van der Waals surface area contributed by atoms with Gasteiger partial charge >= 0.3 is 0 Å². The van der Waals surface area contributed by atoms with Gasteiger partial charge in [0.1, 0.15) is 5.75 Å². The summed E-state index contributed by atoms with van der Waals surface area (Å²) in [7, 11) is 0. The average molecular weight is 261 g/mol. The van der Waals surface area contributed by atoms with Gasteiger partial charge in [0, 0.05) is 0 Å². The van der Waals surface area contributed by atoms with Crippen molar-refractivity contribution in [3.8, 4) is 5.75 Å². The second-order valence-electron chi connectivity index (χ2n) is 6.08. The van der Waals surface area contributed by atoms with Crippen LogP contribution in [-0.2, 0) is 0 Å². The maximum atomic E-state index is 6.02. The number of aryl methyl sites for hydroxylation is 1. The van der Waals surface area contributed by atoms with Crippen molar-refractivity contribution in [2.24, 2.45) is 11.7 Å². The zero-order valence-corrected chi connectivity index (χ0v) is 12.5. The van der Waals surface area contributed by atoms with Crippen LogP contribution in [0.25, 0.3) is 0 Å². The molecule has 1 atom stereocenters. The molecule has 2 nitrogen and oxygen atoms in total. The Labute approximate surface area is 117 Å². The van der Waals surface area contributed by atoms with Gasteiger partial charge in [-0.2, -0.15) is 0 Å². The Morgan fingerprint density at radius 3 is 2.47 bits per heavy atom. The van der Waals surface area contributed by atoms with Crippen LogP contribution in [0.4, 0.5) is 0 Å². The van der Waals surface area contributed by atoms with E-state index in [1.54, 1.807) is 0 Å². The van der Waals surface area contributed by atoms with Gasteiger partial charge in [-0.15, -0.1) is 0 Å². The van der Waals surface area contributed by atoms with Gasteiger partial charge in [0.2, 0.25) is 0 Å². The van der Waals surface area contributed by atoms with Crippen LogP contribution in [-0.4, -0.2) is 12.6 Å². The lowest BCUT2D eigenvalue weighted by atomic mass is 9.84. The molecule has 1 unspecified atom stereocenters. The Bertz CT molecular complexity index is 408. The third-order valence-corrected chi connectivity index (χ3v) is 4.21. The molecular formula is C17H27NO. The van der Waals surface area contributed by atoms with Crippen LogP contribution in [0.5, 0.6) is 5.75 Å². The molecule has 2 rings (SSSR count). The number of rotatable bonds is 5. The first-order valence-electron chi connectivity index (χ1n) is 7.59. The highest BCUT2D eigenvalue weighted by atomic mass is 16.5. The van der Waals surface area contributed by atoms with Crippen LogP contribution in [0.15, 0.2) is 18.2 Å². The van der Waals surface area contributed by atoms with Crippen LogP contribution in [0.3, 0.4) is 0 Å². The fourth-order valence-electron chi connectivity index (χ4n) is 3.25. The first kappa shape index (κ1) is 14.4. The van der Waals surface area contributed by atoms with Crippen molar-refractivity contribution in [3.63, 3.8) is 0 Å². The van der Waals surface area contributed by atoms with E-state index < -0.39 is 0 Å². The first-order valence-corrected chi connectivity index (χ1v) is 7.59. The standard InChI is InChI=1S/C17H27NO/c1-12(2)19-17-9-8-15(10-13(17)3)16(11-18)14-6-4-5-7-14/h8-10,12,14,16H,4-7,11,18H2,1-3H3. The molecule has 0 heterocycles. The summed E-state index contributed by atoms with van der Waals surface area (Å²) in [6.07, 6.45) is 5.64. The third kappa shape index (κ3) is 3.50. The fraction of sp³-hybridized carbons (Fsp3) is 0.647. The smallest absolute Gasteiger partial charge is 0.122 e. The molecule has 106 valence electrons. The summed E-state index contributed by atoms with van der Waals surface area (Å²) < 4.78 is 5.81. The first-order chi connectivity index (χ1) is 9.11. The van der Waals surface area contributed by atoms with Crippen molar-refractivity contribution >= 4 is 0 Å². The third-order valence-electron chi connectivity index (χ3n) is 4.21. The maximum Gasteiger partial charge on any atom is 0.122 e. The maximum absolute atomic E-state index is 6.02. The largest absolute Gasteiger partial charge is 0.491 e. The highest BCUT2D eigenvalue weighted by molar-refractivity contribution is 5.38. The van der Waals surface area contributed by atoms with Crippen molar-refractivity contribution < 1.29 is 4.74 Å². The van der Waals surface area contributed by atoms with E-state index in [1.807, 2.05) is 0 Å². The molecule has 0 radical (unpaired) electrons. The van der Waals surface area contributed by atoms with Crippen molar-refractivity contribution in [3.05, 3.63) is 29.3 Å². The Kier molecular flexibility index (Phi) is 4.87. The highest BCUT2D eigenvalue weighted by Gasteiger charge is 2.25. The molecule has 19 heavy (non-hydrogen) atoms. The number of nitrogens with two attached hydrogens (primary N) is 1. The zero-order valence-electron chi connectivity index (χ0n) is 12.5.